The molecule has 0 aliphatic heterocycles. The van der Waals surface area contributed by atoms with Gasteiger partial charge in [-0.3, -0.25) is 4.79 Å². The number of thioether (sulfide) groups is 1. The molecule has 0 saturated carbocycles. The minimum absolute atomic E-state index is 0.0177. The summed E-state index contributed by atoms with van der Waals surface area (Å²) in [6, 6.07) is 16.8. The molecule has 0 heterocycles. The first-order valence-electron chi connectivity index (χ1n) is 7.27. The number of esters is 1. The third-order valence-electron chi connectivity index (χ3n) is 3.27. The van der Waals surface area contributed by atoms with Crippen LogP contribution in [0.3, 0.4) is 0 Å². The second kappa shape index (κ2) is 8.39. The predicted molar refractivity (Wildman–Crippen MR) is 91.4 cm³/mol. The van der Waals surface area contributed by atoms with E-state index in [2.05, 4.69) is 10.1 Å². The van der Waals surface area contributed by atoms with Crippen molar-refractivity contribution in [2.24, 2.45) is 0 Å². The molecule has 4 nitrogen and oxygen atoms in total. The van der Waals surface area contributed by atoms with Crippen LogP contribution in [0.15, 0.2) is 59.5 Å². The van der Waals surface area contributed by atoms with Gasteiger partial charge in [0.1, 0.15) is 0 Å². The zero-order valence-electron chi connectivity index (χ0n) is 13.1. The maximum absolute atomic E-state index is 12.1. The second-order valence-electron chi connectivity index (χ2n) is 4.98. The zero-order chi connectivity index (χ0) is 16.7. The summed E-state index contributed by atoms with van der Waals surface area (Å²) in [6.45, 7) is 2.31. The Morgan fingerprint density at radius 2 is 1.74 bits per heavy atom. The first-order valence-corrected chi connectivity index (χ1v) is 8.15. The molecule has 1 amide bonds. The van der Waals surface area contributed by atoms with Gasteiger partial charge in [-0.05, 0) is 36.8 Å². The Hall–Kier alpha value is -2.27. The summed E-state index contributed by atoms with van der Waals surface area (Å²) in [6.07, 6.45) is 0. The van der Waals surface area contributed by atoms with Gasteiger partial charge in [0.2, 0.25) is 5.91 Å². The van der Waals surface area contributed by atoms with Crippen molar-refractivity contribution in [3.05, 3.63) is 65.7 Å². The molecule has 1 N–H and O–H groups in total. The maximum atomic E-state index is 12.1. The minimum Gasteiger partial charge on any atom is -0.465 e. The Balaban J connectivity index is 1.85. The van der Waals surface area contributed by atoms with Crippen LogP contribution in [0.5, 0.6) is 0 Å². The summed E-state index contributed by atoms with van der Waals surface area (Å²) in [4.78, 5) is 24.6. The van der Waals surface area contributed by atoms with Gasteiger partial charge < -0.3 is 10.1 Å². The number of ether oxygens (including phenoxy) is 1. The van der Waals surface area contributed by atoms with Gasteiger partial charge in [0.25, 0.3) is 0 Å². The molecule has 2 aromatic carbocycles. The number of amides is 1. The highest BCUT2D eigenvalue weighted by molar-refractivity contribution is 8.00. The Morgan fingerprint density at radius 1 is 1.09 bits per heavy atom. The zero-order valence-corrected chi connectivity index (χ0v) is 13.9. The lowest BCUT2D eigenvalue weighted by Crippen LogP contribution is -2.30. The number of benzene rings is 2. The van der Waals surface area contributed by atoms with Gasteiger partial charge >= 0.3 is 5.97 Å². The van der Waals surface area contributed by atoms with Crippen molar-refractivity contribution in [2.45, 2.75) is 23.6 Å². The molecular formula is C18H19NO3S. The average Bonchev–Trinajstić information content (AvgIpc) is 2.60. The number of rotatable bonds is 6. The lowest BCUT2D eigenvalue weighted by molar-refractivity contribution is -0.120. The Labute approximate surface area is 140 Å². The summed E-state index contributed by atoms with van der Waals surface area (Å²) in [7, 11) is 1.35. The lowest BCUT2D eigenvalue weighted by Gasteiger charge is -2.12. The van der Waals surface area contributed by atoms with E-state index in [0.717, 1.165) is 10.5 Å². The highest BCUT2D eigenvalue weighted by atomic mass is 32.2. The fraction of sp³-hybridized carbons (Fsp3) is 0.222. The summed E-state index contributed by atoms with van der Waals surface area (Å²) in [5.74, 6) is -0.385. The van der Waals surface area contributed by atoms with Crippen LogP contribution in [0.1, 0.15) is 22.8 Å². The molecule has 1 atom stereocenters. The van der Waals surface area contributed by atoms with Gasteiger partial charge in [0, 0.05) is 11.4 Å². The van der Waals surface area contributed by atoms with Gasteiger partial charge in [-0.15, -0.1) is 11.8 Å². The number of hydrogen-bond acceptors (Lipinski definition) is 4. The molecule has 0 aromatic heterocycles. The molecule has 0 aliphatic rings. The van der Waals surface area contributed by atoms with E-state index in [-0.39, 0.29) is 17.1 Å². The van der Waals surface area contributed by atoms with Gasteiger partial charge in [-0.25, -0.2) is 4.79 Å². The normalized spacial score (nSPS) is 11.6. The van der Waals surface area contributed by atoms with Gasteiger partial charge in [0.15, 0.2) is 0 Å². The van der Waals surface area contributed by atoms with E-state index >= 15 is 0 Å². The van der Waals surface area contributed by atoms with Crippen molar-refractivity contribution >= 4 is 23.6 Å². The minimum atomic E-state index is -0.367. The highest BCUT2D eigenvalue weighted by Gasteiger charge is 2.14. The van der Waals surface area contributed by atoms with Crippen molar-refractivity contribution in [3.8, 4) is 0 Å². The molecule has 5 heteroatoms. The molecule has 23 heavy (non-hydrogen) atoms. The van der Waals surface area contributed by atoms with Crippen LogP contribution in [-0.2, 0) is 16.1 Å². The first kappa shape index (κ1) is 17.1. The third-order valence-corrected chi connectivity index (χ3v) is 4.38. The number of methoxy groups -OCH3 is 1. The van der Waals surface area contributed by atoms with Crippen molar-refractivity contribution in [3.63, 3.8) is 0 Å². The van der Waals surface area contributed by atoms with Gasteiger partial charge in [-0.1, -0.05) is 30.3 Å². The monoisotopic (exact) mass is 329 g/mol. The Bertz CT molecular complexity index is 656. The topological polar surface area (TPSA) is 55.4 Å². The van der Waals surface area contributed by atoms with E-state index in [9.17, 15) is 9.59 Å². The van der Waals surface area contributed by atoms with E-state index in [4.69, 9.17) is 0 Å². The SMILES string of the molecule is COC(=O)c1ccc(CNC(=O)[C@H](C)Sc2ccccc2)cc1. The van der Waals surface area contributed by atoms with Gasteiger partial charge in [-0.2, -0.15) is 0 Å². The van der Waals surface area contributed by atoms with Crippen molar-refractivity contribution in [2.75, 3.05) is 7.11 Å². The summed E-state index contributed by atoms with van der Waals surface area (Å²) < 4.78 is 4.65. The molecular weight excluding hydrogens is 310 g/mol. The number of carbonyl (C=O) groups is 2. The average molecular weight is 329 g/mol. The van der Waals surface area contributed by atoms with E-state index in [0.29, 0.717) is 12.1 Å². The molecule has 0 spiro atoms. The smallest absolute Gasteiger partial charge is 0.337 e. The van der Waals surface area contributed by atoms with E-state index in [1.54, 1.807) is 12.1 Å². The van der Waals surface area contributed by atoms with Crippen LogP contribution in [0.4, 0.5) is 0 Å². The lowest BCUT2D eigenvalue weighted by atomic mass is 10.1. The molecule has 2 rings (SSSR count). The molecule has 2 aromatic rings. The van der Waals surface area contributed by atoms with Crippen molar-refractivity contribution in [1.82, 2.24) is 5.32 Å². The molecule has 0 unspecified atom stereocenters. The van der Waals surface area contributed by atoms with Crippen LogP contribution in [0.25, 0.3) is 0 Å². The quantitative estimate of drug-likeness (QED) is 0.653. The first-order chi connectivity index (χ1) is 11.1. The molecule has 0 aliphatic carbocycles. The molecule has 0 fully saturated rings. The van der Waals surface area contributed by atoms with E-state index < -0.39 is 0 Å². The third kappa shape index (κ3) is 5.14. The van der Waals surface area contributed by atoms with Gasteiger partial charge in [0.05, 0.1) is 17.9 Å². The van der Waals surface area contributed by atoms with Crippen LogP contribution in [0.2, 0.25) is 0 Å². The Kier molecular flexibility index (Phi) is 6.23. The molecule has 0 bridgehead atoms. The van der Waals surface area contributed by atoms with Crippen molar-refractivity contribution in [1.29, 1.82) is 0 Å². The molecule has 0 saturated heterocycles. The summed E-state index contributed by atoms with van der Waals surface area (Å²) >= 11 is 1.52. The number of carbonyl (C=O) groups excluding carboxylic acids is 2. The number of nitrogens with one attached hydrogen (secondary N) is 1. The fourth-order valence-corrected chi connectivity index (χ4v) is 2.88. The largest absolute Gasteiger partial charge is 0.465 e. The maximum Gasteiger partial charge on any atom is 0.337 e. The standard InChI is InChI=1S/C18H19NO3S/c1-13(23-16-6-4-3-5-7-16)17(20)19-12-14-8-10-15(11-9-14)18(21)22-2/h3-11,13H,12H2,1-2H3,(H,19,20)/t13-/m0/s1. The Morgan fingerprint density at radius 3 is 2.35 bits per heavy atom. The van der Waals surface area contributed by atoms with E-state index in [1.165, 1.54) is 18.9 Å². The molecule has 0 radical (unpaired) electrons. The van der Waals surface area contributed by atoms with E-state index in [1.807, 2.05) is 49.4 Å². The summed E-state index contributed by atoms with van der Waals surface area (Å²) in [5.41, 5.74) is 1.43. The van der Waals surface area contributed by atoms with Crippen LogP contribution >= 0.6 is 11.8 Å². The summed E-state index contributed by atoms with van der Waals surface area (Å²) in [5, 5.41) is 2.73. The van der Waals surface area contributed by atoms with Crippen molar-refractivity contribution < 1.29 is 14.3 Å². The number of hydrogen-bond donors (Lipinski definition) is 1. The van der Waals surface area contributed by atoms with Crippen LogP contribution in [0, 0.1) is 0 Å². The predicted octanol–water partition coefficient (Wildman–Crippen LogP) is 3.27. The van der Waals surface area contributed by atoms with Crippen LogP contribution < -0.4 is 5.32 Å². The van der Waals surface area contributed by atoms with Crippen LogP contribution in [-0.4, -0.2) is 24.2 Å². The second-order valence-corrected chi connectivity index (χ2v) is 6.39. The fourth-order valence-electron chi connectivity index (χ4n) is 1.97. The molecule has 120 valence electrons. The highest BCUT2D eigenvalue weighted by Crippen LogP contribution is 2.22.